The lowest BCUT2D eigenvalue weighted by Gasteiger charge is -2.61. The van der Waals surface area contributed by atoms with E-state index < -0.39 is 18.9 Å². The van der Waals surface area contributed by atoms with Gasteiger partial charge in [0.2, 0.25) is 11.7 Å². The Morgan fingerprint density at radius 3 is 2.67 bits per heavy atom. The number of benzene rings is 1. The largest absolute Gasteiger partial charge is 0.401 e. The minimum absolute atomic E-state index is 0.105. The average Bonchev–Trinajstić information content (AvgIpc) is 3.24. The number of amides is 1. The first-order valence-corrected chi connectivity index (χ1v) is 13.0. The van der Waals surface area contributed by atoms with Crippen LogP contribution in [-0.2, 0) is 0 Å². The molecule has 0 unspecified atom stereocenters. The second kappa shape index (κ2) is 8.75. The molecule has 13 heteroatoms. The molecule has 1 N–H and O–H groups in total. The number of alkyl halides is 4. The first kappa shape index (κ1) is 25.0. The number of aryl methyl sites for hydroxylation is 1. The second-order valence-corrected chi connectivity index (χ2v) is 11.2. The summed E-state index contributed by atoms with van der Waals surface area (Å²) in [4.78, 5) is 21.2. The molecule has 0 radical (unpaired) electrons. The first-order chi connectivity index (χ1) is 19.1. The third-order valence-electron chi connectivity index (χ3n) is 7.90. The predicted octanol–water partition coefficient (Wildman–Crippen LogP) is 4.45. The first-order valence-electron chi connectivity index (χ1n) is 13.0. The van der Waals surface area contributed by atoms with E-state index in [2.05, 4.69) is 25.5 Å². The Morgan fingerprint density at radius 1 is 1.18 bits per heavy atom. The third-order valence-corrected chi connectivity index (χ3v) is 7.90. The van der Waals surface area contributed by atoms with E-state index >= 15 is 0 Å². The summed E-state index contributed by atoms with van der Waals surface area (Å²) in [7, 11) is 0. The third kappa shape index (κ3) is 4.47. The summed E-state index contributed by atoms with van der Waals surface area (Å²) in [5, 5.41) is 11.2. The predicted molar refractivity (Wildman–Crippen MR) is 137 cm³/mol. The molecule has 1 amide bonds. The molecule has 2 saturated heterocycles. The van der Waals surface area contributed by atoms with Crippen LogP contribution in [0.15, 0.2) is 47.2 Å². The molecule has 5 heterocycles. The molecule has 9 nitrogen and oxygen atoms in total. The van der Waals surface area contributed by atoms with Gasteiger partial charge in [-0.25, -0.2) is 8.91 Å². The van der Waals surface area contributed by atoms with E-state index in [4.69, 9.17) is 4.52 Å². The van der Waals surface area contributed by atoms with E-state index in [-0.39, 0.29) is 23.1 Å². The van der Waals surface area contributed by atoms with Gasteiger partial charge in [0.1, 0.15) is 6.17 Å². The summed E-state index contributed by atoms with van der Waals surface area (Å²) >= 11 is 0. The number of hydrogen-bond acceptors (Lipinski definition) is 7. The molecule has 4 aromatic rings. The monoisotopic (exact) mass is 555 g/mol. The fraction of sp³-hybridized carbons (Fsp3) is 0.407. The Morgan fingerprint density at radius 2 is 1.95 bits per heavy atom. The van der Waals surface area contributed by atoms with Crippen molar-refractivity contribution in [2.24, 2.45) is 5.41 Å². The van der Waals surface area contributed by atoms with E-state index in [1.807, 2.05) is 31.2 Å². The maximum Gasteiger partial charge on any atom is 0.401 e. The highest BCUT2D eigenvalue weighted by molar-refractivity contribution is 6.09. The van der Waals surface area contributed by atoms with E-state index in [1.54, 1.807) is 16.8 Å². The Hall–Kier alpha value is -4.00. The number of rotatable bonds is 6. The van der Waals surface area contributed by atoms with Crippen LogP contribution in [0.4, 0.5) is 28.9 Å². The molecule has 208 valence electrons. The van der Waals surface area contributed by atoms with Crippen LogP contribution in [0.3, 0.4) is 0 Å². The number of hydrogen-bond donors (Lipinski definition) is 1. The van der Waals surface area contributed by atoms with Crippen LogP contribution in [0.1, 0.15) is 34.2 Å². The van der Waals surface area contributed by atoms with Gasteiger partial charge in [-0.1, -0.05) is 17.3 Å². The van der Waals surface area contributed by atoms with E-state index in [9.17, 15) is 22.4 Å². The number of pyridine rings is 1. The van der Waals surface area contributed by atoms with Gasteiger partial charge in [0.15, 0.2) is 0 Å². The highest BCUT2D eigenvalue weighted by Crippen LogP contribution is 2.44. The number of fused-ring (bicyclic) bond motifs is 1. The van der Waals surface area contributed by atoms with Gasteiger partial charge in [-0.05, 0) is 37.1 Å². The summed E-state index contributed by atoms with van der Waals surface area (Å²) in [5.74, 6) is -0.0854. The molecule has 2 aliphatic heterocycles. The van der Waals surface area contributed by atoms with Crippen molar-refractivity contribution in [3.8, 4) is 11.4 Å². The minimum atomic E-state index is -4.18. The van der Waals surface area contributed by atoms with Gasteiger partial charge in [-0.3, -0.25) is 9.69 Å². The fourth-order valence-electron chi connectivity index (χ4n) is 5.76. The SMILES string of the molecule is Cc1ccc(-c2noc([C@H]3C[C@@H]3F)n2)cc1NC(=O)c1cnn2ccc(N3CC4(CN(CC(F)(F)F)C4)C3)cc12. The molecule has 1 saturated carbocycles. The minimum Gasteiger partial charge on any atom is -0.370 e. The zero-order valence-electron chi connectivity index (χ0n) is 21.5. The van der Waals surface area contributed by atoms with Gasteiger partial charge in [-0.15, -0.1) is 0 Å². The highest BCUT2D eigenvalue weighted by atomic mass is 19.4. The van der Waals surface area contributed by atoms with Crippen molar-refractivity contribution in [1.29, 1.82) is 0 Å². The van der Waals surface area contributed by atoms with E-state index in [0.29, 0.717) is 60.8 Å². The van der Waals surface area contributed by atoms with Crippen LogP contribution in [0, 0.1) is 12.3 Å². The zero-order chi connectivity index (χ0) is 27.8. The Labute approximate surface area is 225 Å². The normalized spacial score (nSPS) is 21.9. The van der Waals surface area contributed by atoms with Crippen molar-refractivity contribution in [3.05, 3.63) is 59.7 Å². The molecular formula is C27H25F4N7O2. The number of halogens is 4. The zero-order valence-corrected chi connectivity index (χ0v) is 21.5. The van der Waals surface area contributed by atoms with Crippen LogP contribution < -0.4 is 10.2 Å². The Balaban J connectivity index is 1.05. The lowest BCUT2D eigenvalue weighted by molar-refractivity contribution is -0.172. The van der Waals surface area contributed by atoms with Crippen LogP contribution in [0.5, 0.6) is 0 Å². The summed E-state index contributed by atoms with van der Waals surface area (Å²) in [6, 6.07) is 9.16. The van der Waals surface area contributed by atoms with E-state index in [1.165, 1.54) is 11.1 Å². The molecule has 3 fully saturated rings. The molecule has 1 aliphatic carbocycles. The number of likely N-dealkylation sites (tertiary alicyclic amines) is 1. The molecular weight excluding hydrogens is 530 g/mol. The van der Waals surface area contributed by atoms with Crippen LogP contribution in [0.25, 0.3) is 16.9 Å². The number of nitrogens with one attached hydrogen (secondary N) is 1. The topological polar surface area (TPSA) is 91.8 Å². The second-order valence-electron chi connectivity index (χ2n) is 11.2. The molecule has 2 atom stereocenters. The molecule has 3 aliphatic rings. The van der Waals surface area contributed by atoms with Crippen LogP contribution in [0.2, 0.25) is 0 Å². The summed E-state index contributed by atoms with van der Waals surface area (Å²) in [6.07, 6.45) is -1.47. The Bertz CT molecular complexity index is 1620. The van der Waals surface area contributed by atoms with Crippen LogP contribution in [-0.4, -0.2) is 75.6 Å². The number of aromatic nitrogens is 4. The van der Waals surface area contributed by atoms with E-state index in [0.717, 1.165) is 11.3 Å². The van der Waals surface area contributed by atoms with Crippen molar-refractivity contribution in [1.82, 2.24) is 24.7 Å². The Kier molecular flexibility index (Phi) is 5.47. The van der Waals surface area contributed by atoms with Gasteiger partial charge in [0.05, 0.1) is 29.7 Å². The maximum atomic E-state index is 13.4. The molecule has 3 aromatic heterocycles. The highest BCUT2D eigenvalue weighted by Gasteiger charge is 2.53. The molecule has 1 aromatic carbocycles. The quantitative estimate of drug-likeness (QED) is 0.352. The van der Waals surface area contributed by atoms with Gasteiger partial charge in [0.25, 0.3) is 5.91 Å². The molecule has 40 heavy (non-hydrogen) atoms. The lowest BCUT2D eigenvalue weighted by Crippen LogP contribution is -2.73. The van der Waals surface area contributed by atoms with Crippen molar-refractivity contribution in [2.75, 3.05) is 42.9 Å². The van der Waals surface area contributed by atoms with Crippen molar-refractivity contribution in [3.63, 3.8) is 0 Å². The van der Waals surface area contributed by atoms with Crippen LogP contribution >= 0.6 is 0 Å². The average molecular weight is 556 g/mol. The van der Waals surface area contributed by atoms with Crippen molar-refractivity contribution >= 4 is 22.8 Å². The van der Waals surface area contributed by atoms with Gasteiger partial charge in [-0.2, -0.15) is 23.3 Å². The smallest absolute Gasteiger partial charge is 0.370 e. The van der Waals surface area contributed by atoms with Crippen molar-refractivity contribution in [2.45, 2.75) is 31.6 Å². The number of anilines is 2. The standard InChI is InChI=1S/C27H25F4N7O2/c1-15-2-3-16(23-34-25(40-35-23)18-8-20(18)28)6-21(15)33-24(39)19-9-32-38-5-4-17(7-22(19)38)37-12-26(13-37)10-36(11-26)14-27(29,30)31/h2-7,9,18,20H,8,10-14H2,1H3,(H,33,39)/t18-,20-/m0/s1. The number of nitrogens with zero attached hydrogens (tertiary/aromatic N) is 6. The molecule has 1 spiro atoms. The molecule has 7 rings (SSSR count). The lowest BCUT2D eigenvalue weighted by atomic mass is 9.72. The van der Waals surface area contributed by atoms with Gasteiger partial charge < -0.3 is 14.7 Å². The summed E-state index contributed by atoms with van der Waals surface area (Å²) in [5.41, 5.74) is 3.81. The fourth-order valence-corrected chi connectivity index (χ4v) is 5.76. The molecule has 0 bridgehead atoms. The summed E-state index contributed by atoms with van der Waals surface area (Å²) in [6.45, 7) is 3.21. The van der Waals surface area contributed by atoms with Crippen molar-refractivity contribution < 1.29 is 26.9 Å². The van der Waals surface area contributed by atoms with Gasteiger partial charge >= 0.3 is 6.18 Å². The number of carbonyl (C=O) groups is 1. The summed E-state index contributed by atoms with van der Waals surface area (Å²) < 4.78 is 58.1. The van der Waals surface area contributed by atoms with Gasteiger partial charge in [0, 0.05) is 54.7 Å². The maximum absolute atomic E-state index is 13.4. The number of carbonyl (C=O) groups excluding carboxylic acids is 1.